The summed E-state index contributed by atoms with van der Waals surface area (Å²) < 4.78 is 0. The minimum atomic E-state index is -0.453. The summed E-state index contributed by atoms with van der Waals surface area (Å²) in [6, 6.07) is 20.1. The van der Waals surface area contributed by atoms with Crippen molar-refractivity contribution in [2.24, 2.45) is 0 Å². The van der Waals surface area contributed by atoms with Crippen molar-refractivity contribution >= 4 is 28.1 Å². The molecule has 1 aromatic heterocycles. The fourth-order valence-corrected chi connectivity index (χ4v) is 3.46. The molecule has 0 aliphatic heterocycles. The van der Waals surface area contributed by atoms with Crippen LogP contribution in [0.3, 0.4) is 0 Å². The molecular weight excluding hydrogens is 304 g/mol. The molecule has 4 rings (SSSR count). The second kappa shape index (κ2) is 5.72. The molecule has 2 atom stereocenters. The van der Waals surface area contributed by atoms with Crippen LogP contribution in [0.25, 0.3) is 10.9 Å². The SMILES string of the molecule is O[C@@H]1Cc2ccccc2[C@@H]1NC(=S)c1ccc2ccccc2[nH+]1. The molecule has 3 nitrogen and oxygen atoms in total. The van der Waals surface area contributed by atoms with Gasteiger partial charge < -0.3 is 10.4 Å². The highest BCUT2D eigenvalue weighted by molar-refractivity contribution is 7.80. The second-order valence-corrected chi connectivity index (χ2v) is 6.29. The third kappa shape index (κ3) is 2.60. The van der Waals surface area contributed by atoms with E-state index in [0.29, 0.717) is 11.4 Å². The Kier molecular flexibility index (Phi) is 3.56. The maximum atomic E-state index is 10.3. The average Bonchev–Trinajstić information content (AvgIpc) is 2.90. The first-order chi connectivity index (χ1) is 11.2. The zero-order valence-corrected chi connectivity index (χ0v) is 13.3. The molecule has 1 heterocycles. The number of aliphatic hydroxyl groups is 1. The largest absolute Gasteiger partial charge is 0.390 e. The van der Waals surface area contributed by atoms with Gasteiger partial charge in [0.15, 0.2) is 4.99 Å². The lowest BCUT2D eigenvalue weighted by atomic mass is 10.1. The maximum absolute atomic E-state index is 10.3. The van der Waals surface area contributed by atoms with Crippen LogP contribution in [0.1, 0.15) is 22.9 Å². The number of aromatic nitrogens is 1. The van der Waals surface area contributed by atoms with Crippen LogP contribution in [0.2, 0.25) is 0 Å². The predicted octanol–water partition coefficient (Wildman–Crippen LogP) is 2.58. The van der Waals surface area contributed by atoms with E-state index in [4.69, 9.17) is 12.2 Å². The van der Waals surface area contributed by atoms with Gasteiger partial charge in [0.05, 0.1) is 12.1 Å². The number of H-pyrrole nitrogens is 1. The normalized spacial score (nSPS) is 19.5. The van der Waals surface area contributed by atoms with Gasteiger partial charge in [-0.1, -0.05) is 48.6 Å². The van der Waals surface area contributed by atoms with E-state index in [1.807, 2.05) is 42.5 Å². The minimum absolute atomic E-state index is 0.154. The van der Waals surface area contributed by atoms with Crippen LogP contribution in [0.4, 0.5) is 0 Å². The van der Waals surface area contributed by atoms with Crippen molar-refractivity contribution in [2.45, 2.75) is 18.6 Å². The summed E-state index contributed by atoms with van der Waals surface area (Å²) in [6.45, 7) is 0. The minimum Gasteiger partial charge on any atom is -0.390 e. The summed E-state index contributed by atoms with van der Waals surface area (Å²) in [5.74, 6) is 0. The van der Waals surface area contributed by atoms with E-state index < -0.39 is 6.10 Å². The molecule has 4 heteroatoms. The molecule has 0 bridgehead atoms. The standard InChI is InChI=1S/C19H16N2OS/c22-17-11-13-6-1-3-7-14(13)18(17)21-19(23)16-10-9-12-5-2-4-8-15(12)20-16/h1-10,17-18,22H,11H2,(H,21,23)/p+1/t17-,18+/m1/s1. The van der Waals surface area contributed by atoms with E-state index in [9.17, 15) is 5.11 Å². The predicted molar refractivity (Wildman–Crippen MR) is 94.2 cm³/mol. The number of hydrogen-bond acceptors (Lipinski definition) is 2. The number of aromatic amines is 1. The zero-order valence-electron chi connectivity index (χ0n) is 12.5. The number of thiocarbonyl (C=S) groups is 1. The van der Waals surface area contributed by atoms with Gasteiger partial charge in [-0.3, -0.25) is 0 Å². The number of nitrogens with one attached hydrogen (secondary N) is 2. The molecule has 1 aliphatic rings. The highest BCUT2D eigenvalue weighted by atomic mass is 32.1. The van der Waals surface area contributed by atoms with Crippen LogP contribution in [0.5, 0.6) is 0 Å². The van der Waals surface area contributed by atoms with Crippen LogP contribution < -0.4 is 10.3 Å². The third-order valence-electron chi connectivity index (χ3n) is 4.39. The number of para-hydroxylation sites is 1. The van der Waals surface area contributed by atoms with Crippen molar-refractivity contribution in [1.29, 1.82) is 0 Å². The van der Waals surface area contributed by atoms with Crippen LogP contribution in [-0.4, -0.2) is 16.2 Å². The van der Waals surface area contributed by atoms with Crippen molar-refractivity contribution in [3.63, 3.8) is 0 Å². The lowest BCUT2D eigenvalue weighted by Crippen LogP contribution is -2.36. The van der Waals surface area contributed by atoms with Crippen molar-refractivity contribution in [3.05, 3.63) is 77.5 Å². The topological polar surface area (TPSA) is 46.4 Å². The van der Waals surface area contributed by atoms with Gasteiger partial charge in [-0.25, -0.2) is 4.98 Å². The average molecular weight is 321 g/mol. The number of hydrogen-bond donors (Lipinski definition) is 2. The monoisotopic (exact) mass is 321 g/mol. The molecule has 0 amide bonds. The first kappa shape index (κ1) is 14.3. The first-order valence-electron chi connectivity index (χ1n) is 7.70. The molecule has 0 radical (unpaired) electrons. The fourth-order valence-electron chi connectivity index (χ4n) is 3.22. The lowest BCUT2D eigenvalue weighted by Gasteiger charge is -2.18. The van der Waals surface area contributed by atoms with Gasteiger partial charge in [0.2, 0.25) is 11.2 Å². The summed E-state index contributed by atoms with van der Waals surface area (Å²) in [7, 11) is 0. The Bertz CT molecular complexity index is 893. The molecular formula is C19H17N2OS+. The molecule has 1 aliphatic carbocycles. The fraction of sp³-hybridized carbons (Fsp3) is 0.158. The van der Waals surface area contributed by atoms with Gasteiger partial charge in [0.1, 0.15) is 0 Å². The Labute approximate surface area is 140 Å². The third-order valence-corrected chi connectivity index (χ3v) is 4.73. The van der Waals surface area contributed by atoms with Crippen LogP contribution in [0, 0.1) is 0 Å². The highest BCUT2D eigenvalue weighted by Gasteiger charge is 2.32. The van der Waals surface area contributed by atoms with Gasteiger partial charge in [-0.2, -0.15) is 0 Å². The Morgan fingerprint density at radius 1 is 1.04 bits per heavy atom. The Morgan fingerprint density at radius 2 is 1.83 bits per heavy atom. The van der Waals surface area contributed by atoms with Gasteiger partial charge in [-0.15, -0.1) is 0 Å². The summed E-state index contributed by atoms with van der Waals surface area (Å²) in [5.41, 5.74) is 4.21. The summed E-state index contributed by atoms with van der Waals surface area (Å²) in [6.07, 6.45) is 0.212. The number of pyridine rings is 1. The van der Waals surface area contributed by atoms with Crippen LogP contribution >= 0.6 is 12.2 Å². The Hall–Kier alpha value is -2.30. The maximum Gasteiger partial charge on any atom is 0.238 e. The van der Waals surface area contributed by atoms with E-state index in [1.165, 1.54) is 5.56 Å². The lowest BCUT2D eigenvalue weighted by molar-refractivity contribution is -0.347. The van der Waals surface area contributed by atoms with Crippen LogP contribution in [-0.2, 0) is 6.42 Å². The molecule has 114 valence electrons. The van der Waals surface area contributed by atoms with E-state index in [-0.39, 0.29) is 6.04 Å². The number of rotatable bonds is 2. The van der Waals surface area contributed by atoms with Gasteiger partial charge in [0, 0.05) is 23.9 Å². The highest BCUT2D eigenvalue weighted by Crippen LogP contribution is 2.31. The quantitative estimate of drug-likeness (QED) is 0.713. The van der Waals surface area contributed by atoms with E-state index in [2.05, 4.69) is 28.5 Å². The van der Waals surface area contributed by atoms with Crippen molar-refractivity contribution in [2.75, 3.05) is 0 Å². The Morgan fingerprint density at radius 3 is 2.74 bits per heavy atom. The van der Waals surface area contributed by atoms with Gasteiger partial charge in [-0.05, 0) is 23.3 Å². The molecule has 2 aromatic carbocycles. The van der Waals surface area contributed by atoms with Crippen molar-refractivity contribution in [3.8, 4) is 0 Å². The van der Waals surface area contributed by atoms with Gasteiger partial charge in [0.25, 0.3) is 0 Å². The molecule has 0 spiro atoms. The smallest absolute Gasteiger partial charge is 0.238 e. The molecule has 0 saturated carbocycles. The molecule has 0 saturated heterocycles. The number of fused-ring (bicyclic) bond motifs is 2. The van der Waals surface area contributed by atoms with Crippen LogP contribution in [0.15, 0.2) is 60.7 Å². The van der Waals surface area contributed by atoms with Crippen molar-refractivity contribution < 1.29 is 10.1 Å². The summed E-state index contributed by atoms with van der Waals surface area (Å²) >= 11 is 5.55. The van der Waals surface area contributed by atoms with Gasteiger partial charge >= 0.3 is 0 Å². The second-order valence-electron chi connectivity index (χ2n) is 5.88. The first-order valence-corrected chi connectivity index (χ1v) is 8.11. The summed E-state index contributed by atoms with van der Waals surface area (Å²) in [5, 5.41) is 14.8. The van der Waals surface area contributed by atoms with E-state index >= 15 is 0 Å². The zero-order chi connectivity index (χ0) is 15.8. The molecule has 3 aromatic rings. The molecule has 0 unspecified atom stereocenters. The van der Waals surface area contributed by atoms with Crippen molar-refractivity contribution in [1.82, 2.24) is 5.32 Å². The Balaban J connectivity index is 1.62. The molecule has 0 fully saturated rings. The van der Waals surface area contributed by atoms with E-state index in [1.54, 1.807) is 0 Å². The molecule has 23 heavy (non-hydrogen) atoms. The number of benzene rings is 2. The summed E-state index contributed by atoms with van der Waals surface area (Å²) in [4.78, 5) is 3.98. The molecule has 3 N–H and O–H groups in total. The number of aliphatic hydroxyl groups excluding tert-OH is 1. The van der Waals surface area contributed by atoms with E-state index in [0.717, 1.165) is 22.2 Å².